The molecule has 0 unspecified atom stereocenters. The molecule has 0 radical (unpaired) electrons. The molecule has 0 amide bonds. The molecule has 0 fully saturated rings. The van der Waals surface area contributed by atoms with E-state index in [0.717, 1.165) is 25.9 Å². The lowest BCUT2D eigenvalue weighted by atomic mass is 10.0. The normalized spacial score (nSPS) is 10.7. The minimum atomic E-state index is 0.831. The second kappa shape index (κ2) is 6.41. The van der Waals surface area contributed by atoms with Crippen LogP contribution < -0.4 is 5.32 Å². The van der Waals surface area contributed by atoms with Gasteiger partial charge in [0.2, 0.25) is 0 Å². The lowest BCUT2D eigenvalue weighted by Crippen LogP contribution is -2.09. The van der Waals surface area contributed by atoms with Gasteiger partial charge in [0.15, 0.2) is 0 Å². The Kier molecular flexibility index (Phi) is 4.61. The Morgan fingerprint density at radius 2 is 1.79 bits per heavy atom. The lowest BCUT2D eigenvalue weighted by molar-refractivity contribution is 0.719. The summed E-state index contributed by atoms with van der Waals surface area (Å²) < 4.78 is 2.17. The van der Waals surface area contributed by atoms with E-state index in [9.17, 15) is 0 Å². The zero-order valence-electron chi connectivity index (χ0n) is 12.1. The molecule has 1 aromatic heterocycles. The van der Waals surface area contributed by atoms with Crippen LogP contribution in [0.4, 0.5) is 5.69 Å². The molecule has 2 aromatic rings. The van der Waals surface area contributed by atoms with Crippen LogP contribution in [0.5, 0.6) is 0 Å². The van der Waals surface area contributed by atoms with E-state index in [1.807, 2.05) is 12.5 Å². The van der Waals surface area contributed by atoms with Crippen molar-refractivity contribution in [3.05, 3.63) is 47.5 Å². The number of para-hydroxylation sites is 1. The quantitative estimate of drug-likeness (QED) is 0.856. The maximum absolute atomic E-state index is 4.21. The van der Waals surface area contributed by atoms with Gasteiger partial charge >= 0.3 is 0 Å². The van der Waals surface area contributed by atoms with Crippen molar-refractivity contribution >= 4 is 5.69 Å². The van der Waals surface area contributed by atoms with Crippen molar-refractivity contribution in [3.8, 4) is 0 Å². The molecule has 3 heteroatoms. The molecular formula is C16H23N3. The van der Waals surface area contributed by atoms with Gasteiger partial charge in [0, 0.05) is 18.4 Å². The van der Waals surface area contributed by atoms with Crippen LogP contribution in [-0.4, -0.2) is 9.55 Å². The molecule has 0 atom stereocenters. The number of imidazole rings is 1. The third kappa shape index (κ3) is 2.98. The minimum absolute atomic E-state index is 0.831. The maximum Gasteiger partial charge on any atom is 0.0948 e. The number of hydrogen-bond donors (Lipinski definition) is 1. The molecule has 0 spiro atoms. The van der Waals surface area contributed by atoms with Crippen molar-refractivity contribution in [1.29, 1.82) is 0 Å². The fraction of sp³-hybridized carbons (Fsp3) is 0.438. The first-order chi connectivity index (χ1) is 9.30. The van der Waals surface area contributed by atoms with Crippen LogP contribution in [0.3, 0.4) is 0 Å². The van der Waals surface area contributed by atoms with Crippen LogP contribution in [0, 0.1) is 0 Å². The first-order valence-electron chi connectivity index (χ1n) is 7.13. The van der Waals surface area contributed by atoms with Crippen LogP contribution in [-0.2, 0) is 25.9 Å². The van der Waals surface area contributed by atoms with Crippen LogP contribution in [0.25, 0.3) is 0 Å². The van der Waals surface area contributed by atoms with Gasteiger partial charge in [-0.25, -0.2) is 4.98 Å². The van der Waals surface area contributed by atoms with E-state index in [2.05, 4.69) is 53.8 Å². The Balaban J connectivity index is 2.19. The third-order valence-corrected chi connectivity index (χ3v) is 3.58. The number of nitrogens with zero attached hydrogens (tertiary/aromatic N) is 2. The Morgan fingerprint density at radius 3 is 2.37 bits per heavy atom. The number of rotatable bonds is 6. The van der Waals surface area contributed by atoms with Crippen molar-refractivity contribution in [2.75, 3.05) is 5.32 Å². The van der Waals surface area contributed by atoms with E-state index >= 15 is 0 Å². The third-order valence-electron chi connectivity index (χ3n) is 3.58. The highest BCUT2D eigenvalue weighted by atomic mass is 15.1. The average Bonchev–Trinajstić information content (AvgIpc) is 2.91. The molecule has 1 N–H and O–H groups in total. The largest absolute Gasteiger partial charge is 0.379 e. The molecule has 0 bridgehead atoms. The molecule has 0 aliphatic rings. The van der Waals surface area contributed by atoms with Crippen molar-refractivity contribution in [2.45, 2.75) is 46.7 Å². The van der Waals surface area contributed by atoms with E-state index in [0.29, 0.717) is 0 Å². The highest BCUT2D eigenvalue weighted by molar-refractivity contribution is 5.58. The number of aromatic nitrogens is 2. The first kappa shape index (κ1) is 13.7. The van der Waals surface area contributed by atoms with Gasteiger partial charge in [-0.2, -0.15) is 0 Å². The average molecular weight is 257 g/mol. The van der Waals surface area contributed by atoms with Crippen molar-refractivity contribution in [2.24, 2.45) is 0 Å². The second-order valence-electron chi connectivity index (χ2n) is 4.68. The predicted octanol–water partition coefficient (Wildman–Crippen LogP) is 3.64. The minimum Gasteiger partial charge on any atom is -0.379 e. The summed E-state index contributed by atoms with van der Waals surface area (Å²) in [6, 6.07) is 6.57. The van der Waals surface area contributed by atoms with E-state index in [1.54, 1.807) is 0 Å². The van der Waals surface area contributed by atoms with Crippen LogP contribution in [0.2, 0.25) is 0 Å². The van der Waals surface area contributed by atoms with Gasteiger partial charge in [-0.3, -0.25) is 0 Å². The molecule has 0 saturated carbocycles. The maximum atomic E-state index is 4.21. The Bertz CT molecular complexity index is 506. The van der Waals surface area contributed by atoms with Crippen molar-refractivity contribution in [1.82, 2.24) is 9.55 Å². The van der Waals surface area contributed by atoms with Gasteiger partial charge in [-0.15, -0.1) is 0 Å². The van der Waals surface area contributed by atoms with Gasteiger partial charge in [-0.05, 0) is 30.9 Å². The van der Waals surface area contributed by atoms with Crippen LogP contribution >= 0.6 is 0 Å². The van der Waals surface area contributed by atoms with E-state index < -0.39 is 0 Å². The van der Waals surface area contributed by atoms with Gasteiger partial charge in [0.25, 0.3) is 0 Å². The highest BCUT2D eigenvalue weighted by Crippen LogP contribution is 2.23. The predicted molar refractivity (Wildman–Crippen MR) is 80.4 cm³/mol. The smallest absolute Gasteiger partial charge is 0.0948 e. The summed E-state index contributed by atoms with van der Waals surface area (Å²) in [7, 11) is 0. The molecule has 0 aliphatic heterocycles. The fourth-order valence-electron chi connectivity index (χ4n) is 2.43. The van der Waals surface area contributed by atoms with Gasteiger partial charge in [0.1, 0.15) is 0 Å². The topological polar surface area (TPSA) is 29.9 Å². The van der Waals surface area contributed by atoms with E-state index in [-0.39, 0.29) is 0 Å². The molecular weight excluding hydrogens is 234 g/mol. The summed E-state index contributed by atoms with van der Waals surface area (Å²) in [4.78, 5) is 4.21. The van der Waals surface area contributed by atoms with Gasteiger partial charge < -0.3 is 9.88 Å². The number of aryl methyl sites for hydroxylation is 3. The number of benzene rings is 1. The highest BCUT2D eigenvalue weighted by Gasteiger charge is 2.07. The van der Waals surface area contributed by atoms with E-state index in [1.165, 1.54) is 22.5 Å². The number of nitrogens with one attached hydrogen (secondary N) is 1. The number of anilines is 1. The van der Waals surface area contributed by atoms with Crippen molar-refractivity contribution in [3.63, 3.8) is 0 Å². The first-order valence-corrected chi connectivity index (χ1v) is 7.13. The van der Waals surface area contributed by atoms with Crippen LogP contribution in [0.15, 0.2) is 30.7 Å². The molecule has 0 aliphatic carbocycles. The zero-order chi connectivity index (χ0) is 13.7. The monoisotopic (exact) mass is 257 g/mol. The lowest BCUT2D eigenvalue weighted by Gasteiger charge is -2.15. The summed E-state index contributed by atoms with van der Waals surface area (Å²) >= 11 is 0. The Hall–Kier alpha value is -1.77. The molecule has 1 heterocycles. The summed E-state index contributed by atoms with van der Waals surface area (Å²) in [6.07, 6.45) is 5.95. The number of hydrogen-bond acceptors (Lipinski definition) is 2. The molecule has 102 valence electrons. The molecule has 2 rings (SSSR count). The zero-order valence-corrected chi connectivity index (χ0v) is 12.1. The standard InChI is InChI=1S/C16H23N3/c1-4-13-8-7-9-14(5-2)16(13)18-11-15-10-17-12-19(15)6-3/h7-10,12,18H,4-6,11H2,1-3H3. The Morgan fingerprint density at radius 1 is 1.11 bits per heavy atom. The molecule has 0 saturated heterocycles. The van der Waals surface area contributed by atoms with Gasteiger partial charge in [-0.1, -0.05) is 32.0 Å². The summed E-state index contributed by atoms with van der Waals surface area (Å²) in [6.45, 7) is 8.35. The molecule has 19 heavy (non-hydrogen) atoms. The molecule has 1 aromatic carbocycles. The molecule has 3 nitrogen and oxygen atoms in total. The van der Waals surface area contributed by atoms with Crippen LogP contribution in [0.1, 0.15) is 37.6 Å². The fourth-order valence-corrected chi connectivity index (χ4v) is 2.43. The summed E-state index contributed by atoms with van der Waals surface area (Å²) in [5, 5.41) is 3.60. The van der Waals surface area contributed by atoms with E-state index in [4.69, 9.17) is 0 Å². The SMILES string of the molecule is CCc1cccc(CC)c1NCc1cncn1CC. The summed E-state index contributed by atoms with van der Waals surface area (Å²) in [5.41, 5.74) is 5.32. The Labute approximate surface area is 115 Å². The second-order valence-corrected chi connectivity index (χ2v) is 4.68. The summed E-state index contributed by atoms with van der Waals surface area (Å²) in [5.74, 6) is 0. The van der Waals surface area contributed by atoms with Gasteiger partial charge in [0.05, 0.1) is 18.6 Å². The van der Waals surface area contributed by atoms with Crippen molar-refractivity contribution < 1.29 is 0 Å².